The SMILES string of the molecule is CS(=O)(=O)c1ccc([C@@H](OC(=O)O[C@H](c2ccc(S(C)(=O)=O)cc2)[C@H](NC(=O)C(Cl)Cl)C(F)CC2CC2)[C@H](NC(=O)C(Cl)Cl)C(F)CC2CC2)cc1. The molecule has 2 amide bonds. The van der Waals surface area contributed by atoms with Gasteiger partial charge in [0, 0.05) is 12.5 Å². The summed E-state index contributed by atoms with van der Waals surface area (Å²) in [6, 6.07) is 6.59. The van der Waals surface area contributed by atoms with Gasteiger partial charge in [0.15, 0.2) is 41.6 Å². The first-order chi connectivity index (χ1) is 24.2. The molecule has 0 heterocycles. The van der Waals surface area contributed by atoms with E-state index in [-0.39, 0.29) is 45.6 Å². The van der Waals surface area contributed by atoms with Gasteiger partial charge in [-0.15, -0.1) is 0 Å². The number of ether oxygens (including phenoxy) is 2. The monoisotopic (exact) mass is 848 g/mol. The highest BCUT2D eigenvalue weighted by molar-refractivity contribution is 7.91. The largest absolute Gasteiger partial charge is 0.509 e. The van der Waals surface area contributed by atoms with Gasteiger partial charge in [0.05, 0.1) is 9.79 Å². The van der Waals surface area contributed by atoms with Crippen molar-refractivity contribution >= 4 is 84.0 Å². The zero-order valence-electron chi connectivity index (χ0n) is 27.9. The maximum absolute atomic E-state index is 16.1. The Morgan fingerprint density at radius 3 is 1.21 bits per heavy atom. The highest BCUT2D eigenvalue weighted by atomic mass is 35.5. The first kappa shape index (κ1) is 42.3. The molecule has 52 heavy (non-hydrogen) atoms. The van der Waals surface area contributed by atoms with E-state index < -0.39 is 84.0 Å². The first-order valence-corrected chi connectivity index (χ1v) is 21.7. The molecule has 2 aliphatic carbocycles. The Hall–Kier alpha value is -2.43. The van der Waals surface area contributed by atoms with Crippen LogP contribution in [-0.4, -0.2) is 81.4 Å². The minimum absolute atomic E-state index is 0.0123. The van der Waals surface area contributed by atoms with Crippen LogP contribution < -0.4 is 10.6 Å². The standard InChI is InChI=1S/C33H38Cl4F2N2O9S2/c1-51(45,46)21-11-7-19(8-12-21)27(25(40-31(42)29(34)35)23(38)15-17-3-4-17)49-33(44)50-28(20-9-13-22(14-10-20)52(2,47)48)26(41-32(43)30(36)37)24(39)16-18-5-6-18/h7-14,17-18,23-30H,3-6,15-16H2,1-2H3,(H,40,42)(H,41,43)/t23?,24?,25-,26-,27-,28-/m1/s1. The minimum Gasteiger partial charge on any atom is -0.424 e. The van der Waals surface area contributed by atoms with Crippen molar-refractivity contribution in [2.45, 2.75) is 94.6 Å². The number of carbonyl (C=O) groups is 3. The smallest absolute Gasteiger partial charge is 0.424 e. The van der Waals surface area contributed by atoms with E-state index >= 15 is 8.78 Å². The molecule has 2 aromatic carbocycles. The second kappa shape index (κ2) is 17.8. The van der Waals surface area contributed by atoms with Crippen LogP contribution in [0, 0.1) is 11.8 Å². The maximum atomic E-state index is 16.1. The van der Waals surface area contributed by atoms with E-state index in [1.54, 1.807) is 0 Å². The van der Waals surface area contributed by atoms with Crippen molar-refractivity contribution in [2.24, 2.45) is 11.8 Å². The zero-order chi connectivity index (χ0) is 38.5. The van der Waals surface area contributed by atoms with Crippen molar-refractivity contribution in [3.63, 3.8) is 0 Å². The molecule has 0 radical (unpaired) electrons. The van der Waals surface area contributed by atoms with Crippen LogP contribution in [0.15, 0.2) is 58.3 Å². The summed E-state index contributed by atoms with van der Waals surface area (Å²) in [5.41, 5.74) is 0.0776. The van der Waals surface area contributed by atoms with Gasteiger partial charge in [-0.25, -0.2) is 30.4 Å². The minimum atomic E-state index is -3.68. The molecule has 2 aliphatic rings. The van der Waals surface area contributed by atoms with Crippen LogP contribution in [-0.2, 0) is 38.7 Å². The normalized spacial score (nSPS) is 18.5. The van der Waals surface area contributed by atoms with Crippen LogP contribution in [0.5, 0.6) is 0 Å². The molecule has 2 N–H and O–H groups in total. The predicted molar refractivity (Wildman–Crippen MR) is 191 cm³/mol. The summed E-state index contributed by atoms with van der Waals surface area (Å²) in [5.74, 6) is -2.04. The topological polar surface area (TPSA) is 162 Å². The van der Waals surface area contributed by atoms with Gasteiger partial charge in [0.25, 0.3) is 11.8 Å². The summed E-state index contributed by atoms with van der Waals surface area (Å²) >= 11 is 23.1. The van der Waals surface area contributed by atoms with Crippen LogP contribution in [0.3, 0.4) is 0 Å². The first-order valence-electron chi connectivity index (χ1n) is 16.2. The van der Waals surface area contributed by atoms with Gasteiger partial charge in [0.2, 0.25) is 0 Å². The fourth-order valence-electron chi connectivity index (χ4n) is 5.55. The van der Waals surface area contributed by atoms with Gasteiger partial charge < -0.3 is 20.1 Å². The highest BCUT2D eigenvalue weighted by Gasteiger charge is 2.42. The van der Waals surface area contributed by atoms with Crippen LogP contribution in [0.1, 0.15) is 61.9 Å². The number of amides is 2. The van der Waals surface area contributed by atoms with Crippen molar-refractivity contribution in [1.29, 1.82) is 0 Å². The molecule has 2 unspecified atom stereocenters. The van der Waals surface area contributed by atoms with Crippen molar-refractivity contribution in [2.75, 3.05) is 12.5 Å². The molecule has 0 aromatic heterocycles. The number of benzene rings is 2. The second-order valence-corrected chi connectivity index (χ2v) is 19.3. The summed E-state index contributed by atoms with van der Waals surface area (Å²) in [7, 11) is -7.36. The lowest BCUT2D eigenvalue weighted by Gasteiger charge is -2.33. The number of alkyl halides is 6. The van der Waals surface area contributed by atoms with Crippen LogP contribution >= 0.6 is 46.4 Å². The fourth-order valence-corrected chi connectivity index (χ4v) is 7.06. The number of nitrogens with one attached hydrogen (secondary N) is 2. The van der Waals surface area contributed by atoms with Gasteiger partial charge in [-0.05, 0) is 60.1 Å². The number of carbonyl (C=O) groups excluding carboxylic acids is 3. The van der Waals surface area contributed by atoms with Crippen molar-refractivity contribution in [3.05, 3.63) is 59.7 Å². The number of hydrogen-bond donors (Lipinski definition) is 2. The summed E-state index contributed by atoms with van der Waals surface area (Å²) in [5, 5.41) is 4.76. The Morgan fingerprint density at radius 1 is 0.654 bits per heavy atom. The molecular formula is C33H38Cl4F2N2O9S2. The molecule has 288 valence electrons. The second-order valence-electron chi connectivity index (χ2n) is 13.1. The van der Waals surface area contributed by atoms with Crippen molar-refractivity contribution in [1.82, 2.24) is 10.6 Å². The molecule has 0 saturated heterocycles. The number of hydrogen-bond acceptors (Lipinski definition) is 9. The Balaban J connectivity index is 1.76. The van der Waals surface area contributed by atoms with Gasteiger partial charge in [0.1, 0.15) is 24.4 Å². The number of halogens is 6. The predicted octanol–water partition coefficient (Wildman–Crippen LogP) is 6.28. The van der Waals surface area contributed by atoms with E-state index in [0.717, 1.165) is 38.2 Å². The van der Waals surface area contributed by atoms with Gasteiger partial charge >= 0.3 is 6.16 Å². The molecule has 2 saturated carbocycles. The van der Waals surface area contributed by atoms with E-state index in [1.165, 1.54) is 48.5 Å². The van der Waals surface area contributed by atoms with Gasteiger partial charge in [-0.2, -0.15) is 0 Å². The van der Waals surface area contributed by atoms with E-state index in [1.807, 2.05) is 0 Å². The third kappa shape index (κ3) is 12.3. The van der Waals surface area contributed by atoms with Gasteiger partial charge in [-0.3, -0.25) is 9.59 Å². The molecule has 0 aliphatic heterocycles. The summed E-state index contributed by atoms with van der Waals surface area (Å²) in [6.45, 7) is 0. The third-order valence-corrected chi connectivity index (χ3v) is 11.7. The summed E-state index contributed by atoms with van der Waals surface area (Å²) in [6.07, 6.45) is -3.77. The van der Waals surface area contributed by atoms with Gasteiger partial charge in [-0.1, -0.05) is 96.4 Å². The maximum Gasteiger partial charge on any atom is 0.509 e. The van der Waals surface area contributed by atoms with E-state index in [2.05, 4.69) is 10.6 Å². The molecule has 4 rings (SSSR count). The molecule has 19 heteroatoms. The molecule has 2 aromatic rings. The summed E-state index contributed by atoms with van der Waals surface area (Å²) < 4.78 is 92.2. The fraction of sp³-hybridized carbons (Fsp3) is 0.545. The van der Waals surface area contributed by atoms with Crippen LogP contribution in [0.4, 0.5) is 13.6 Å². The van der Waals surface area contributed by atoms with E-state index in [9.17, 15) is 31.2 Å². The Bertz CT molecular complexity index is 1670. The van der Waals surface area contributed by atoms with Crippen LogP contribution in [0.2, 0.25) is 0 Å². The Morgan fingerprint density at radius 2 is 0.962 bits per heavy atom. The summed E-state index contributed by atoms with van der Waals surface area (Å²) in [4.78, 5) is 35.7. The lowest BCUT2D eigenvalue weighted by atomic mass is 9.95. The molecule has 2 fully saturated rings. The van der Waals surface area contributed by atoms with Crippen LogP contribution in [0.25, 0.3) is 0 Å². The quantitative estimate of drug-likeness (QED) is 0.130. The average Bonchev–Trinajstić information content (AvgIpc) is 4.01. The molecule has 0 bridgehead atoms. The van der Waals surface area contributed by atoms with E-state index in [4.69, 9.17) is 55.9 Å². The lowest BCUT2D eigenvalue weighted by Crippen LogP contribution is -2.50. The number of rotatable bonds is 18. The third-order valence-electron chi connectivity index (χ3n) is 8.68. The Kier molecular flexibility index (Phi) is 14.5. The van der Waals surface area contributed by atoms with E-state index in [0.29, 0.717) is 0 Å². The zero-order valence-corrected chi connectivity index (χ0v) is 32.6. The molecule has 6 atom stereocenters. The highest BCUT2D eigenvalue weighted by Crippen LogP contribution is 2.40. The molecule has 0 spiro atoms. The van der Waals surface area contributed by atoms with Crippen molar-refractivity contribution in [3.8, 4) is 0 Å². The molecular weight excluding hydrogens is 812 g/mol. The van der Waals surface area contributed by atoms with Crippen molar-refractivity contribution < 1.29 is 49.5 Å². The molecule has 11 nitrogen and oxygen atoms in total. The average molecular weight is 851 g/mol. The lowest BCUT2D eigenvalue weighted by molar-refractivity contribution is -0.122. The Labute approximate surface area is 321 Å². The number of sulfone groups is 2.